The molecule has 0 bridgehead atoms. The van der Waals surface area contributed by atoms with E-state index in [-0.39, 0.29) is 6.04 Å². The maximum atomic E-state index is 6.39. The van der Waals surface area contributed by atoms with E-state index in [9.17, 15) is 0 Å². The van der Waals surface area contributed by atoms with Crippen molar-refractivity contribution >= 4 is 0 Å². The molecular formula is C18H23NO. The molecule has 0 aliphatic heterocycles. The predicted octanol–water partition coefficient (Wildman–Crippen LogP) is 4.09. The molecule has 2 aromatic carbocycles. The average Bonchev–Trinajstić information content (AvgIpc) is 2.48. The largest absolute Gasteiger partial charge is 0.494 e. The molecule has 20 heavy (non-hydrogen) atoms. The monoisotopic (exact) mass is 269 g/mol. The van der Waals surface area contributed by atoms with Crippen LogP contribution in [0.15, 0.2) is 48.5 Å². The van der Waals surface area contributed by atoms with Gasteiger partial charge in [-0.1, -0.05) is 49.7 Å². The van der Waals surface area contributed by atoms with Crippen LogP contribution in [0.4, 0.5) is 0 Å². The molecule has 0 aromatic heterocycles. The van der Waals surface area contributed by atoms with Gasteiger partial charge in [-0.3, -0.25) is 0 Å². The fraction of sp³-hybridized carbons (Fsp3) is 0.333. The molecule has 0 aliphatic carbocycles. The number of aryl methyl sites for hydroxylation is 1. The van der Waals surface area contributed by atoms with Crippen LogP contribution >= 0.6 is 0 Å². The maximum absolute atomic E-state index is 6.39. The summed E-state index contributed by atoms with van der Waals surface area (Å²) < 4.78 is 5.54. The second kappa shape index (κ2) is 7.11. The van der Waals surface area contributed by atoms with Gasteiger partial charge in [0.2, 0.25) is 0 Å². The lowest BCUT2D eigenvalue weighted by molar-refractivity contribution is 0.340. The van der Waals surface area contributed by atoms with Crippen molar-refractivity contribution in [1.29, 1.82) is 0 Å². The lowest BCUT2D eigenvalue weighted by atomic mass is 9.97. The van der Waals surface area contributed by atoms with Crippen LogP contribution in [0.5, 0.6) is 5.75 Å². The fourth-order valence-electron chi connectivity index (χ4n) is 2.39. The molecule has 0 saturated carbocycles. The number of benzene rings is 2. The van der Waals surface area contributed by atoms with E-state index in [1.165, 1.54) is 5.56 Å². The third-order valence-electron chi connectivity index (χ3n) is 3.38. The molecule has 1 atom stereocenters. The highest BCUT2D eigenvalue weighted by Crippen LogP contribution is 2.24. The van der Waals surface area contributed by atoms with Crippen LogP contribution in [-0.2, 0) is 6.42 Å². The Bertz CT molecular complexity index is 501. The SMILES string of the molecule is CCCc1cccc(C(N)c2cccc(OCC)c2)c1. The summed E-state index contributed by atoms with van der Waals surface area (Å²) in [5, 5.41) is 0. The Balaban J connectivity index is 2.23. The van der Waals surface area contributed by atoms with Crippen molar-refractivity contribution in [3.8, 4) is 5.75 Å². The highest BCUT2D eigenvalue weighted by atomic mass is 16.5. The second-order valence-corrected chi connectivity index (χ2v) is 4.98. The topological polar surface area (TPSA) is 35.2 Å². The van der Waals surface area contributed by atoms with E-state index in [1.54, 1.807) is 0 Å². The van der Waals surface area contributed by atoms with Crippen LogP contribution in [-0.4, -0.2) is 6.61 Å². The first kappa shape index (κ1) is 14.6. The number of hydrogen-bond donors (Lipinski definition) is 1. The minimum atomic E-state index is -0.104. The van der Waals surface area contributed by atoms with E-state index in [1.807, 2.05) is 25.1 Å². The predicted molar refractivity (Wildman–Crippen MR) is 84.1 cm³/mol. The molecule has 0 amide bonds. The Hall–Kier alpha value is -1.80. The Labute approximate surface area is 121 Å². The van der Waals surface area contributed by atoms with E-state index < -0.39 is 0 Å². The number of rotatable bonds is 6. The van der Waals surface area contributed by atoms with E-state index in [0.29, 0.717) is 6.61 Å². The Morgan fingerprint density at radius 1 is 1.00 bits per heavy atom. The van der Waals surface area contributed by atoms with Gasteiger partial charge in [0.05, 0.1) is 12.6 Å². The van der Waals surface area contributed by atoms with Gasteiger partial charge in [-0.05, 0) is 42.2 Å². The van der Waals surface area contributed by atoms with E-state index in [4.69, 9.17) is 10.5 Å². The third kappa shape index (κ3) is 3.61. The van der Waals surface area contributed by atoms with Crippen LogP contribution in [0, 0.1) is 0 Å². The molecule has 1 unspecified atom stereocenters. The van der Waals surface area contributed by atoms with Gasteiger partial charge in [-0.25, -0.2) is 0 Å². The molecule has 0 heterocycles. The molecule has 0 spiro atoms. The van der Waals surface area contributed by atoms with Crippen LogP contribution in [0.25, 0.3) is 0 Å². The molecule has 2 rings (SSSR count). The van der Waals surface area contributed by atoms with Gasteiger partial charge in [-0.2, -0.15) is 0 Å². The van der Waals surface area contributed by atoms with Gasteiger partial charge in [0.1, 0.15) is 5.75 Å². The summed E-state index contributed by atoms with van der Waals surface area (Å²) in [6, 6.07) is 16.5. The first-order valence-corrected chi connectivity index (χ1v) is 7.31. The Morgan fingerprint density at radius 3 is 2.40 bits per heavy atom. The van der Waals surface area contributed by atoms with E-state index in [2.05, 4.69) is 37.3 Å². The zero-order valence-electron chi connectivity index (χ0n) is 12.3. The summed E-state index contributed by atoms with van der Waals surface area (Å²) in [5.74, 6) is 0.880. The molecule has 0 saturated heterocycles. The zero-order valence-corrected chi connectivity index (χ0v) is 12.3. The number of ether oxygens (including phenoxy) is 1. The zero-order chi connectivity index (χ0) is 14.4. The van der Waals surface area contributed by atoms with Crippen molar-refractivity contribution in [3.63, 3.8) is 0 Å². The molecular weight excluding hydrogens is 246 g/mol. The van der Waals surface area contributed by atoms with Crippen molar-refractivity contribution in [2.24, 2.45) is 5.73 Å². The molecule has 2 aromatic rings. The molecule has 2 N–H and O–H groups in total. The summed E-state index contributed by atoms with van der Waals surface area (Å²) in [4.78, 5) is 0. The van der Waals surface area contributed by atoms with Crippen LogP contribution in [0.3, 0.4) is 0 Å². The average molecular weight is 269 g/mol. The Kier molecular flexibility index (Phi) is 5.19. The van der Waals surface area contributed by atoms with Crippen LogP contribution < -0.4 is 10.5 Å². The van der Waals surface area contributed by atoms with Gasteiger partial charge >= 0.3 is 0 Å². The van der Waals surface area contributed by atoms with Crippen molar-refractivity contribution in [1.82, 2.24) is 0 Å². The van der Waals surface area contributed by atoms with Gasteiger partial charge in [0, 0.05) is 0 Å². The highest BCUT2D eigenvalue weighted by molar-refractivity contribution is 5.37. The minimum absolute atomic E-state index is 0.104. The van der Waals surface area contributed by atoms with Crippen LogP contribution in [0.2, 0.25) is 0 Å². The second-order valence-electron chi connectivity index (χ2n) is 4.98. The standard InChI is InChI=1S/C18H23NO/c1-3-7-14-8-5-9-15(12-14)18(19)16-10-6-11-17(13-16)20-4-2/h5-6,8-13,18H,3-4,7,19H2,1-2H3. The van der Waals surface area contributed by atoms with Gasteiger partial charge in [0.15, 0.2) is 0 Å². The highest BCUT2D eigenvalue weighted by Gasteiger charge is 2.10. The lowest BCUT2D eigenvalue weighted by Gasteiger charge is -2.15. The molecule has 0 radical (unpaired) electrons. The smallest absolute Gasteiger partial charge is 0.119 e. The maximum Gasteiger partial charge on any atom is 0.119 e. The van der Waals surface area contributed by atoms with Crippen LogP contribution in [0.1, 0.15) is 43.0 Å². The minimum Gasteiger partial charge on any atom is -0.494 e. The first-order valence-electron chi connectivity index (χ1n) is 7.31. The lowest BCUT2D eigenvalue weighted by Crippen LogP contribution is -2.12. The van der Waals surface area contributed by atoms with Crippen molar-refractivity contribution in [2.45, 2.75) is 32.7 Å². The summed E-state index contributed by atoms with van der Waals surface area (Å²) in [5.41, 5.74) is 9.98. The molecule has 2 nitrogen and oxygen atoms in total. The normalized spacial score (nSPS) is 12.2. The van der Waals surface area contributed by atoms with Gasteiger partial charge in [-0.15, -0.1) is 0 Å². The van der Waals surface area contributed by atoms with Crippen molar-refractivity contribution < 1.29 is 4.74 Å². The van der Waals surface area contributed by atoms with Crippen molar-refractivity contribution in [2.75, 3.05) is 6.61 Å². The summed E-state index contributed by atoms with van der Waals surface area (Å²) in [6.07, 6.45) is 2.25. The molecule has 2 heteroatoms. The third-order valence-corrected chi connectivity index (χ3v) is 3.38. The van der Waals surface area contributed by atoms with Gasteiger partial charge in [0.25, 0.3) is 0 Å². The molecule has 0 fully saturated rings. The summed E-state index contributed by atoms with van der Waals surface area (Å²) in [6.45, 7) is 4.85. The molecule has 106 valence electrons. The summed E-state index contributed by atoms with van der Waals surface area (Å²) >= 11 is 0. The first-order chi connectivity index (χ1) is 9.74. The van der Waals surface area contributed by atoms with E-state index >= 15 is 0 Å². The number of hydrogen-bond acceptors (Lipinski definition) is 2. The summed E-state index contributed by atoms with van der Waals surface area (Å²) in [7, 11) is 0. The number of nitrogens with two attached hydrogens (primary N) is 1. The Morgan fingerprint density at radius 2 is 1.70 bits per heavy atom. The van der Waals surface area contributed by atoms with Crippen molar-refractivity contribution in [3.05, 3.63) is 65.2 Å². The van der Waals surface area contributed by atoms with Gasteiger partial charge < -0.3 is 10.5 Å². The van der Waals surface area contributed by atoms with E-state index in [0.717, 1.165) is 29.7 Å². The fourth-order valence-corrected chi connectivity index (χ4v) is 2.39. The quantitative estimate of drug-likeness (QED) is 0.857. The molecule has 0 aliphatic rings.